The molecule has 0 aliphatic rings. The average Bonchev–Trinajstić information content (AvgIpc) is 1.03. The van der Waals surface area contributed by atoms with Crippen LogP contribution in [-0.2, 0) is 12.4 Å². The Labute approximate surface area is 713 Å². The second-order valence-electron chi connectivity index (χ2n) is 26.1. The Morgan fingerprint density at radius 2 is 0.793 bits per heavy atom. The van der Waals surface area contributed by atoms with Gasteiger partial charge in [0.15, 0.2) is 6.61 Å². The fraction of sp³-hybridized carbons (Fsp3) is 0.311. The molecule has 0 saturated carbocycles. The molecule has 0 amide bonds. The van der Waals surface area contributed by atoms with Crippen LogP contribution in [0, 0.1) is 95.8 Å². The van der Waals surface area contributed by atoms with Crippen LogP contribution in [0.3, 0.4) is 0 Å². The summed E-state index contributed by atoms with van der Waals surface area (Å²) in [4.78, 5) is 9.82. The minimum Gasteiger partial charge on any atom is -0.497 e. The summed E-state index contributed by atoms with van der Waals surface area (Å²) in [5.74, 6) is 0.969. The van der Waals surface area contributed by atoms with E-state index in [1.165, 1.54) is 83.0 Å². The first-order chi connectivity index (χ1) is 56.2. The molecule has 31 heteroatoms. The van der Waals surface area contributed by atoms with Gasteiger partial charge in [0.2, 0.25) is 5.88 Å². The van der Waals surface area contributed by atoms with E-state index in [0.29, 0.717) is 49.4 Å². The van der Waals surface area contributed by atoms with Gasteiger partial charge in [-0.2, -0.15) is 79.0 Å². The molecule has 662 valence electrons. The number of thiophene rings is 1. The van der Waals surface area contributed by atoms with Gasteiger partial charge in [0.05, 0.1) is 42.4 Å². The van der Waals surface area contributed by atoms with E-state index in [1.807, 2.05) is 140 Å². The number of ether oxygens (including phenoxy) is 6. The standard InChI is InChI=1S/C10H14O.C9H6F6.C9H8F4O.C9H9F3O.C9H12O.C8H7F3S.C8H8F2S.C8H11N.C8H10O.C7H9NO.C5H4ClFS/c1-8(2)11-10-6-4-5-9(3)7-10;1-5-2-6(8(10,11)12)4-7(3-5)9(13,14)15;1-6-3-2-4-7(5-6)14-9(12,13)8(10)11;1-7-3-2-4-8(5-7)13-6-9(10,11)12;1-3-10-9-6-4-5-8(2)7-9;1-6-3-2-4-7(5-6)12-8(9,10)11;1-6-3-2-4-7(5-6)11-8(9)10;1-6-4-7(2)9-8(3)5-6;1-7-4-3-5-8(6-7)9-2;1-6-4-3-5-7(8-6)9-2;1-3-4(7)2-5(6)8-3/h4-8H,1-3H3;2-4H,1H3;2-5,8H,1H3;2-5H,6H2,1H3;4-7H,3H2,1-2H3;2-5H,1H3;2-5,8H,1H3;4-5H,1-3H3;3-6H,1-2H3;3-5H,1-2H3;2H,1H3. The van der Waals surface area contributed by atoms with Crippen LogP contribution in [-0.4, -0.2) is 73.5 Å². The Morgan fingerprint density at radius 1 is 0.405 bits per heavy atom. The number of hydrogen-bond acceptors (Lipinski definition) is 11. The van der Waals surface area contributed by atoms with Crippen LogP contribution in [0.4, 0.5) is 83.4 Å². The van der Waals surface area contributed by atoms with Crippen molar-refractivity contribution >= 4 is 46.5 Å². The summed E-state index contributed by atoms with van der Waals surface area (Å²) in [6.07, 6.45) is -21.8. The third-order valence-corrected chi connectivity index (χ3v) is 16.7. The number of methoxy groups -OCH3 is 2. The summed E-state index contributed by atoms with van der Waals surface area (Å²) < 4.78 is 257. The molecule has 0 spiro atoms. The normalized spacial score (nSPS) is 10.8. The van der Waals surface area contributed by atoms with Gasteiger partial charge in [0, 0.05) is 43.9 Å². The topological polar surface area (TPSA) is 81.2 Å². The van der Waals surface area contributed by atoms with Gasteiger partial charge in [0.1, 0.15) is 34.6 Å². The number of alkyl halides is 18. The molecule has 11 rings (SSSR count). The number of thioether (sulfide) groups is 2. The van der Waals surface area contributed by atoms with Crippen molar-refractivity contribution in [1.29, 1.82) is 0 Å². The molecule has 0 fully saturated rings. The maximum absolute atomic E-state index is 12.4. The zero-order valence-electron chi connectivity index (χ0n) is 69.6. The first-order valence-corrected chi connectivity index (χ1v) is 39.2. The van der Waals surface area contributed by atoms with Gasteiger partial charge in [-0.25, -0.2) is 9.37 Å². The number of aryl methyl sites for hydroxylation is 13. The third kappa shape index (κ3) is 53.6. The number of halogens is 20. The number of aromatic nitrogens is 2. The minimum absolute atomic E-state index is 0.0721. The minimum atomic E-state index is -4.76. The highest BCUT2D eigenvalue weighted by Crippen LogP contribution is 2.38. The molecule has 11 aromatic rings. The van der Waals surface area contributed by atoms with E-state index in [2.05, 4.69) is 64.5 Å². The molecule has 0 radical (unpaired) electrons. The van der Waals surface area contributed by atoms with Crippen LogP contribution in [0.5, 0.6) is 34.6 Å². The number of hydrogen-bond donors (Lipinski definition) is 0. The molecule has 8 nitrogen and oxygen atoms in total. The van der Waals surface area contributed by atoms with Crippen LogP contribution in [0.25, 0.3) is 0 Å². The maximum atomic E-state index is 12.4. The lowest BCUT2D eigenvalue weighted by molar-refractivity contribution is -0.253. The van der Waals surface area contributed by atoms with Crippen LogP contribution < -0.4 is 28.4 Å². The lowest BCUT2D eigenvalue weighted by Crippen LogP contribution is -2.33. The summed E-state index contributed by atoms with van der Waals surface area (Å²) in [7, 11) is 3.29. The predicted octanol–water partition coefficient (Wildman–Crippen LogP) is 30.6. The van der Waals surface area contributed by atoms with Crippen molar-refractivity contribution in [2.24, 2.45) is 0 Å². The molecule has 3 aromatic heterocycles. The van der Waals surface area contributed by atoms with Crippen molar-refractivity contribution in [3.8, 4) is 34.6 Å². The molecule has 0 unspecified atom stereocenters. The van der Waals surface area contributed by atoms with E-state index in [4.69, 9.17) is 30.5 Å². The zero-order valence-corrected chi connectivity index (χ0v) is 72.8. The molecular formula is C90H98ClF19N2O6S3. The molecule has 0 atom stereocenters. The highest BCUT2D eigenvalue weighted by molar-refractivity contribution is 8.00. The largest absolute Gasteiger partial charge is 0.497 e. The monoisotopic (exact) mass is 1790 g/mol. The van der Waals surface area contributed by atoms with E-state index in [-0.39, 0.29) is 51.7 Å². The molecule has 0 saturated heterocycles. The van der Waals surface area contributed by atoms with E-state index in [9.17, 15) is 83.4 Å². The molecule has 0 bridgehead atoms. The molecule has 8 aromatic carbocycles. The zero-order chi connectivity index (χ0) is 92.0. The summed E-state index contributed by atoms with van der Waals surface area (Å²) in [6, 6.07) is 62.2. The van der Waals surface area contributed by atoms with Gasteiger partial charge in [-0.1, -0.05) is 125 Å². The quantitative estimate of drug-likeness (QED) is 0.0776. The first-order valence-electron chi connectivity index (χ1n) is 36.3. The lowest BCUT2D eigenvalue weighted by atomic mass is 10.1. The van der Waals surface area contributed by atoms with E-state index in [0.717, 1.165) is 57.6 Å². The molecule has 0 aliphatic carbocycles. The molecule has 121 heavy (non-hydrogen) atoms. The van der Waals surface area contributed by atoms with Crippen LogP contribution in [0.15, 0.2) is 234 Å². The van der Waals surface area contributed by atoms with Crippen molar-refractivity contribution in [1.82, 2.24) is 9.97 Å². The van der Waals surface area contributed by atoms with Crippen LogP contribution in [0.2, 0.25) is 4.34 Å². The van der Waals surface area contributed by atoms with Crippen molar-refractivity contribution in [2.45, 2.75) is 169 Å². The van der Waals surface area contributed by atoms with Crippen LogP contribution in [0.1, 0.15) is 104 Å². The Balaban J connectivity index is 0.000000668. The van der Waals surface area contributed by atoms with Crippen molar-refractivity contribution in [3.63, 3.8) is 0 Å². The first kappa shape index (κ1) is 109. The summed E-state index contributed by atoms with van der Waals surface area (Å²) in [6.45, 7) is 29.7. The van der Waals surface area contributed by atoms with E-state index in [1.54, 1.807) is 96.5 Å². The average molecular weight is 1800 g/mol. The number of nitrogens with zero attached hydrogens (tertiary/aromatic N) is 2. The van der Waals surface area contributed by atoms with Gasteiger partial charge < -0.3 is 28.4 Å². The smallest absolute Gasteiger partial charge is 0.461 e. The Kier molecular flexibility index (Phi) is 49.9. The molecule has 0 N–H and O–H groups in total. The van der Waals surface area contributed by atoms with Crippen LogP contribution >= 0.6 is 46.5 Å². The SMILES string of the molecule is CCOc1cccc(C)c1.COc1cccc(C)c1.COc1cccc(C)n1.Cc1cc(C(F)(F)F)cc(C(F)(F)F)c1.Cc1cc(C)nc(C)c1.Cc1cccc(OC(C)C)c1.Cc1cccc(OC(F)(F)C(F)F)c1.Cc1cccc(OCC(F)(F)F)c1.Cc1cccc(SC(F)(F)F)c1.Cc1cccc(SC(F)F)c1.Cc1sc(Cl)cc1F. The third-order valence-electron chi connectivity index (χ3n) is 14.1. The Bertz CT molecular complexity index is 4560. The fourth-order valence-electron chi connectivity index (χ4n) is 9.14. The summed E-state index contributed by atoms with van der Waals surface area (Å²) in [5, 5.41) is 0. The molecular weight excluding hydrogens is 1700 g/mol. The maximum Gasteiger partial charge on any atom is 0.461 e. The van der Waals surface area contributed by atoms with Gasteiger partial charge in [-0.05, 0) is 283 Å². The van der Waals surface area contributed by atoms with E-state index < -0.39 is 60.1 Å². The second-order valence-corrected chi connectivity index (χ2v) is 30.2. The molecule has 3 heterocycles. The van der Waals surface area contributed by atoms with Gasteiger partial charge >= 0.3 is 36.6 Å². The highest BCUT2D eigenvalue weighted by atomic mass is 35.5. The Hall–Kier alpha value is -9.78. The van der Waals surface area contributed by atoms with E-state index >= 15 is 0 Å². The Morgan fingerprint density at radius 3 is 1.13 bits per heavy atom. The number of pyridine rings is 2. The number of benzene rings is 8. The predicted molar refractivity (Wildman–Crippen MR) is 448 cm³/mol. The lowest BCUT2D eigenvalue weighted by Gasteiger charge is -2.16. The highest BCUT2D eigenvalue weighted by Gasteiger charge is 2.44. The second kappa shape index (κ2) is 55.3. The fourth-order valence-corrected chi connectivity index (χ4v) is 11.5. The van der Waals surface area contributed by atoms with Gasteiger partial charge in [-0.15, -0.1) is 11.3 Å². The number of rotatable bonds is 14. The van der Waals surface area contributed by atoms with Crippen molar-refractivity contribution < 1.29 is 112 Å². The van der Waals surface area contributed by atoms with Gasteiger partial charge in [-0.3, -0.25) is 4.98 Å². The summed E-state index contributed by atoms with van der Waals surface area (Å²) >= 11 is 7.20. The van der Waals surface area contributed by atoms with Crippen molar-refractivity contribution in [2.75, 3.05) is 27.4 Å². The van der Waals surface area contributed by atoms with Gasteiger partial charge in [0.25, 0.3) is 5.76 Å². The summed E-state index contributed by atoms with van der Waals surface area (Å²) in [5.41, 5.74) is 4.75. The van der Waals surface area contributed by atoms with Crippen molar-refractivity contribution in [3.05, 3.63) is 318 Å². The molecule has 0 aliphatic heterocycles.